The van der Waals surface area contributed by atoms with Crippen molar-refractivity contribution in [2.45, 2.75) is 57.4 Å². The number of carbonyl (C=O) groups is 3. The monoisotopic (exact) mass is 434 g/mol. The lowest BCUT2D eigenvalue weighted by Crippen LogP contribution is -2.46. The fraction of sp³-hybridized carbons (Fsp3) is 0.609. The minimum absolute atomic E-state index is 0.0273. The summed E-state index contributed by atoms with van der Waals surface area (Å²) in [7, 11) is 1.42. The third-order valence-electron chi connectivity index (χ3n) is 6.28. The molecule has 31 heavy (non-hydrogen) atoms. The molecule has 3 rings (SSSR count). The molecule has 1 aromatic rings. The van der Waals surface area contributed by atoms with Gasteiger partial charge in [-0.3, -0.25) is 14.4 Å². The molecule has 0 saturated carbocycles. The smallest absolute Gasteiger partial charge is 0.309 e. The number of halogens is 1. The normalized spacial score (nSPS) is 21.6. The maximum absolute atomic E-state index is 13.7. The zero-order valence-corrected chi connectivity index (χ0v) is 18.2. The van der Waals surface area contributed by atoms with Gasteiger partial charge >= 0.3 is 5.97 Å². The van der Waals surface area contributed by atoms with Crippen molar-refractivity contribution in [3.63, 3.8) is 0 Å². The van der Waals surface area contributed by atoms with Gasteiger partial charge in [-0.1, -0.05) is 6.07 Å². The van der Waals surface area contributed by atoms with E-state index in [1.807, 2.05) is 0 Å². The summed E-state index contributed by atoms with van der Waals surface area (Å²) >= 11 is 0. The number of amides is 2. The lowest BCUT2D eigenvalue weighted by molar-refractivity contribution is -0.151. The zero-order valence-electron chi connectivity index (χ0n) is 18.2. The Balaban J connectivity index is 1.59. The number of rotatable bonds is 8. The third kappa shape index (κ3) is 5.74. The van der Waals surface area contributed by atoms with E-state index >= 15 is 0 Å². The van der Waals surface area contributed by atoms with Gasteiger partial charge in [-0.2, -0.15) is 0 Å². The fourth-order valence-electron chi connectivity index (χ4n) is 4.52. The second-order valence-corrected chi connectivity index (χ2v) is 8.38. The number of nitrogens with one attached hydrogen (secondary N) is 1. The van der Waals surface area contributed by atoms with Crippen LogP contribution in [0.4, 0.5) is 4.39 Å². The Hall–Kier alpha value is -2.64. The number of methoxy groups -OCH3 is 1. The summed E-state index contributed by atoms with van der Waals surface area (Å²) in [6, 6.07) is 4.69. The topological polar surface area (TPSA) is 84.9 Å². The molecule has 2 saturated heterocycles. The van der Waals surface area contributed by atoms with Crippen LogP contribution in [0.25, 0.3) is 0 Å². The Morgan fingerprint density at radius 2 is 2.03 bits per heavy atom. The van der Waals surface area contributed by atoms with E-state index in [0.717, 1.165) is 5.56 Å². The molecule has 2 amide bonds. The standard InChI is InChI=1S/C23H31FN2O5/c1-3-31-22(29)17-8-12-26(13-9-17)21(28)7-11-23(10-6-20(27)25-23)15-16-4-5-18(24)19(14-16)30-2/h4-5,14,17H,3,6-13,15H2,1-2H3,(H,25,27)/t23-/m0/s1. The molecule has 1 atom stereocenters. The van der Waals surface area contributed by atoms with Crippen LogP contribution in [0.1, 0.15) is 51.0 Å². The zero-order chi connectivity index (χ0) is 22.4. The van der Waals surface area contributed by atoms with E-state index in [1.54, 1.807) is 24.0 Å². The van der Waals surface area contributed by atoms with E-state index in [-0.39, 0.29) is 29.5 Å². The molecule has 0 aromatic heterocycles. The van der Waals surface area contributed by atoms with Crippen molar-refractivity contribution in [1.82, 2.24) is 10.2 Å². The maximum atomic E-state index is 13.7. The molecule has 0 radical (unpaired) electrons. The lowest BCUT2D eigenvalue weighted by Gasteiger charge is -2.33. The van der Waals surface area contributed by atoms with Crippen LogP contribution >= 0.6 is 0 Å². The predicted octanol–water partition coefficient (Wildman–Crippen LogP) is 2.61. The highest BCUT2D eigenvalue weighted by Crippen LogP contribution is 2.32. The summed E-state index contributed by atoms with van der Waals surface area (Å²) in [5.41, 5.74) is 0.321. The third-order valence-corrected chi connectivity index (χ3v) is 6.28. The summed E-state index contributed by atoms with van der Waals surface area (Å²) in [6.45, 7) is 3.23. The highest BCUT2D eigenvalue weighted by atomic mass is 19.1. The summed E-state index contributed by atoms with van der Waals surface area (Å²) in [5, 5.41) is 3.06. The minimum atomic E-state index is -0.529. The van der Waals surface area contributed by atoms with Gasteiger partial charge < -0.3 is 19.7 Å². The van der Waals surface area contributed by atoms with E-state index in [1.165, 1.54) is 13.2 Å². The van der Waals surface area contributed by atoms with Crippen LogP contribution in [0, 0.1) is 11.7 Å². The number of likely N-dealkylation sites (tertiary alicyclic amines) is 1. The molecule has 170 valence electrons. The molecule has 0 unspecified atom stereocenters. The summed E-state index contributed by atoms with van der Waals surface area (Å²) in [5.74, 6) is -0.596. The van der Waals surface area contributed by atoms with Crippen LogP contribution < -0.4 is 10.1 Å². The van der Waals surface area contributed by atoms with Crippen molar-refractivity contribution in [3.05, 3.63) is 29.6 Å². The van der Waals surface area contributed by atoms with Crippen molar-refractivity contribution in [2.24, 2.45) is 5.92 Å². The molecule has 0 bridgehead atoms. The van der Waals surface area contributed by atoms with E-state index in [4.69, 9.17) is 9.47 Å². The largest absolute Gasteiger partial charge is 0.494 e. The molecule has 2 aliphatic heterocycles. The number of nitrogens with zero attached hydrogens (tertiary/aromatic N) is 1. The molecule has 2 aliphatic rings. The van der Waals surface area contributed by atoms with Gasteiger partial charge in [0.25, 0.3) is 0 Å². The van der Waals surface area contributed by atoms with Crippen LogP contribution in [-0.4, -0.2) is 55.0 Å². The first-order valence-corrected chi connectivity index (χ1v) is 10.9. The van der Waals surface area contributed by atoms with Gasteiger partial charge in [-0.15, -0.1) is 0 Å². The molecular weight excluding hydrogens is 403 g/mol. The molecule has 7 nitrogen and oxygen atoms in total. The molecule has 0 aliphatic carbocycles. The van der Waals surface area contributed by atoms with Gasteiger partial charge in [0.05, 0.1) is 19.6 Å². The number of hydrogen-bond donors (Lipinski definition) is 1. The summed E-state index contributed by atoms with van der Waals surface area (Å²) in [6.07, 6.45) is 3.59. The predicted molar refractivity (Wildman–Crippen MR) is 112 cm³/mol. The first kappa shape index (κ1) is 23.0. The van der Waals surface area contributed by atoms with Crippen LogP contribution in [0.2, 0.25) is 0 Å². The van der Waals surface area contributed by atoms with Crippen molar-refractivity contribution in [3.8, 4) is 5.75 Å². The molecular formula is C23H31FN2O5. The summed E-state index contributed by atoms with van der Waals surface area (Å²) in [4.78, 5) is 38.5. The number of benzene rings is 1. The Kier molecular flexibility index (Phi) is 7.51. The van der Waals surface area contributed by atoms with Gasteiger partial charge in [-0.05, 0) is 56.7 Å². The number of hydrogen-bond acceptors (Lipinski definition) is 5. The Morgan fingerprint density at radius 3 is 2.65 bits per heavy atom. The van der Waals surface area contributed by atoms with Crippen molar-refractivity contribution in [1.29, 1.82) is 0 Å². The van der Waals surface area contributed by atoms with Gasteiger partial charge in [0.1, 0.15) is 0 Å². The fourth-order valence-corrected chi connectivity index (χ4v) is 4.52. The highest BCUT2D eigenvalue weighted by molar-refractivity contribution is 5.80. The van der Waals surface area contributed by atoms with Crippen molar-refractivity contribution < 1.29 is 28.2 Å². The Bertz CT molecular complexity index is 822. The molecule has 2 heterocycles. The number of esters is 1. The van der Waals surface area contributed by atoms with E-state index in [2.05, 4.69) is 5.32 Å². The van der Waals surface area contributed by atoms with Gasteiger partial charge in [0, 0.05) is 31.5 Å². The van der Waals surface area contributed by atoms with Crippen LogP contribution in [-0.2, 0) is 25.5 Å². The van der Waals surface area contributed by atoms with Gasteiger partial charge in [0.15, 0.2) is 11.6 Å². The second kappa shape index (κ2) is 10.1. The van der Waals surface area contributed by atoms with Gasteiger partial charge in [0.2, 0.25) is 11.8 Å². The highest BCUT2D eigenvalue weighted by Gasteiger charge is 2.38. The first-order valence-electron chi connectivity index (χ1n) is 10.9. The maximum Gasteiger partial charge on any atom is 0.309 e. The van der Waals surface area contributed by atoms with Crippen molar-refractivity contribution >= 4 is 17.8 Å². The average molecular weight is 435 g/mol. The molecule has 1 N–H and O–H groups in total. The SMILES string of the molecule is CCOC(=O)C1CCN(C(=O)CC[C@]2(Cc3ccc(F)c(OC)c3)CCC(=O)N2)CC1. The minimum Gasteiger partial charge on any atom is -0.494 e. The number of piperidine rings is 1. The van der Waals surface area contributed by atoms with Crippen molar-refractivity contribution in [2.75, 3.05) is 26.8 Å². The Labute approximate surface area is 182 Å². The van der Waals surface area contributed by atoms with Crippen LogP contribution in [0.15, 0.2) is 18.2 Å². The Morgan fingerprint density at radius 1 is 1.29 bits per heavy atom. The number of ether oxygens (including phenoxy) is 2. The molecule has 0 spiro atoms. The first-order chi connectivity index (χ1) is 14.9. The average Bonchev–Trinajstić information content (AvgIpc) is 3.14. The van der Waals surface area contributed by atoms with Crippen LogP contribution in [0.3, 0.4) is 0 Å². The number of carbonyl (C=O) groups excluding carboxylic acids is 3. The van der Waals surface area contributed by atoms with Gasteiger partial charge in [-0.25, -0.2) is 4.39 Å². The van der Waals surface area contributed by atoms with E-state index < -0.39 is 11.4 Å². The molecule has 1 aromatic carbocycles. The van der Waals surface area contributed by atoms with E-state index in [0.29, 0.717) is 64.6 Å². The lowest BCUT2D eigenvalue weighted by atomic mass is 9.84. The quantitative estimate of drug-likeness (QED) is 0.636. The molecule has 8 heteroatoms. The second-order valence-electron chi connectivity index (χ2n) is 8.38. The molecule has 2 fully saturated rings. The van der Waals surface area contributed by atoms with E-state index in [9.17, 15) is 18.8 Å². The van der Waals surface area contributed by atoms with Crippen LogP contribution in [0.5, 0.6) is 5.75 Å². The summed E-state index contributed by atoms with van der Waals surface area (Å²) < 4.78 is 23.9.